The Morgan fingerprint density at radius 3 is 2.62 bits per heavy atom. The molecule has 1 amide bonds. The van der Waals surface area contributed by atoms with Gasteiger partial charge in [0.1, 0.15) is 0 Å². The van der Waals surface area contributed by atoms with Crippen molar-refractivity contribution < 1.29 is 19.4 Å². The highest BCUT2D eigenvalue weighted by molar-refractivity contribution is 6.01. The molecule has 0 heterocycles. The maximum atomic E-state index is 11.4. The van der Waals surface area contributed by atoms with Gasteiger partial charge in [-0.3, -0.25) is 4.79 Å². The lowest BCUT2D eigenvalue weighted by Gasteiger charge is -2.14. The number of carbonyl (C=O) groups is 2. The first kappa shape index (κ1) is 14.9. The number of ether oxygens (including phenoxy) is 1. The summed E-state index contributed by atoms with van der Waals surface area (Å²) in [6.07, 6.45) is 0.592. The van der Waals surface area contributed by atoms with Crippen LogP contribution in [-0.2, 0) is 14.3 Å². The van der Waals surface area contributed by atoms with E-state index in [1.54, 1.807) is 6.92 Å². The van der Waals surface area contributed by atoms with Crippen LogP contribution in [0.2, 0.25) is 0 Å². The van der Waals surface area contributed by atoms with Gasteiger partial charge in [-0.05, 0) is 19.3 Å². The molecule has 0 aliphatic heterocycles. The summed E-state index contributed by atoms with van der Waals surface area (Å²) in [6, 6.07) is -1.28. The fraction of sp³-hybridized carbons (Fsp3) is 0.800. The number of nitrogens with one attached hydrogen (secondary N) is 1. The number of rotatable bonds is 7. The third kappa shape index (κ3) is 5.67. The van der Waals surface area contributed by atoms with Crippen LogP contribution in [0, 0.1) is 5.92 Å². The molecule has 2 unspecified atom stereocenters. The SMILES string of the molecule is CCOC(=O)C(N)C(=O)NCC(C)CCO. The Morgan fingerprint density at radius 1 is 1.50 bits per heavy atom. The predicted octanol–water partition coefficient (Wildman–Crippen LogP) is -0.988. The van der Waals surface area contributed by atoms with Gasteiger partial charge in [-0.1, -0.05) is 6.92 Å². The Hall–Kier alpha value is -1.14. The summed E-state index contributed by atoms with van der Waals surface area (Å²) in [5, 5.41) is 11.2. The standard InChI is InChI=1S/C10H20N2O4/c1-3-16-10(15)8(11)9(14)12-6-7(2)4-5-13/h7-8,13H,3-6,11H2,1-2H3,(H,12,14). The van der Waals surface area contributed by atoms with E-state index < -0.39 is 17.9 Å². The number of nitrogens with two attached hydrogens (primary N) is 1. The summed E-state index contributed by atoms with van der Waals surface area (Å²) in [5.74, 6) is -1.14. The Kier molecular flexibility index (Phi) is 7.49. The van der Waals surface area contributed by atoms with Crippen LogP contribution in [0.1, 0.15) is 20.3 Å². The largest absolute Gasteiger partial charge is 0.464 e. The van der Waals surface area contributed by atoms with E-state index in [4.69, 9.17) is 10.8 Å². The third-order valence-electron chi connectivity index (χ3n) is 2.07. The smallest absolute Gasteiger partial charge is 0.332 e. The van der Waals surface area contributed by atoms with Gasteiger partial charge in [-0.25, -0.2) is 4.79 Å². The summed E-state index contributed by atoms with van der Waals surface area (Å²) in [7, 11) is 0. The molecule has 6 nitrogen and oxygen atoms in total. The molecule has 0 fully saturated rings. The normalized spacial score (nSPS) is 14.0. The maximum absolute atomic E-state index is 11.4. The molecule has 6 heteroatoms. The van der Waals surface area contributed by atoms with Crippen molar-refractivity contribution >= 4 is 11.9 Å². The van der Waals surface area contributed by atoms with Crippen LogP contribution in [-0.4, -0.2) is 42.8 Å². The molecular weight excluding hydrogens is 212 g/mol. The highest BCUT2D eigenvalue weighted by Gasteiger charge is 2.23. The average Bonchev–Trinajstić information content (AvgIpc) is 2.25. The lowest BCUT2D eigenvalue weighted by atomic mass is 10.1. The molecule has 2 atom stereocenters. The second-order valence-corrected chi connectivity index (χ2v) is 3.59. The molecule has 0 rings (SSSR count). The molecule has 0 bridgehead atoms. The number of amides is 1. The fourth-order valence-corrected chi connectivity index (χ4v) is 1.05. The van der Waals surface area contributed by atoms with E-state index in [1.807, 2.05) is 6.92 Å². The van der Waals surface area contributed by atoms with Crippen molar-refractivity contribution in [1.82, 2.24) is 5.32 Å². The minimum absolute atomic E-state index is 0.0704. The number of aliphatic hydroxyl groups is 1. The van der Waals surface area contributed by atoms with Gasteiger partial charge in [-0.15, -0.1) is 0 Å². The van der Waals surface area contributed by atoms with E-state index in [2.05, 4.69) is 10.1 Å². The number of carbonyl (C=O) groups excluding carboxylic acids is 2. The average molecular weight is 232 g/mol. The Balaban J connectivity index is 3.91. The Bertz CT molecular complexity index is 233. The second kappa shape index (κ2) is 8.06. The molecule has 0 saturated heterocycles. The summed E-state index contributed by atoms with van der Waals surface area (Å²) >= 11 is 0. The highest BCUT2D eigenvalue weighted by Crippen LogP contribution is 1.98. The lowest BCUT2D eigenvalue weighted by Crippen LogP contribution is -2.47. The van der Waals surface area contributed by atoms with Gasteiger partial charge in [0.2, 0.25) is 5.91 Å². The molecule has 0 aliphatic carbocycles. The lowest BCUT2D eigenvalue weighted by molar-refractivity contribution is -0.148. The topological polar surface area (TPSA) is 102 Å². The fourth-order valence-electron chi connectivity index (χ4n) is 1.05. The molecule has 4 N–H and O–H groups in total. The van der Waals surface area contributed by atoms with Crippen molar-refractivity contribution in [2.45, 2.75) is 26.3 Å². The highest BCUT2D eigenvalue weighted by atomic mass is 16.5. The zero-order valence-electron chi connectivity index (χ0n) is 9.73. The van der Waals surface area contributed by atoms with Gasteiger partial charge in [0.15, 0.2) is 6.04 Å². The summed E-state index contributed by atoms with van der Waals surface area (Å²) < 4.78 is 4.61. The van der Waals surface area contributed by atoms with E-state index in [0.29, 0.717) is 13.0 Å². The number of hydrogen-bond donors (Lipinski definition) is 3. The molecule has 0 aromatic rings. The van der Waals surface area contributed by atoms with Gasteiger partial charge in [0, 0.05) is 13.2 Å². The van der Waals surface area contributed by atoms with E-state index in [9.17, 15) is 9.59 Å². The molecule has 0 aromatic carbocycles. The quantitative estimate of drug-likeness (QED) is 0.386. The minimum Gasteiger partial charge on any atom is -0.464 e. The van der Waals surface area contributed by atoms with Crippen LogP contribution >= 0.6 is 0 Å². The zero-order valence-corrected chi connectivity index (χ0v) is 9.73. The summed E-state index contributed by atoms with van der Waals surface area (Å²) in [5.41, 5.74) is 5.37. The van der Waals surface area contributed by atoms with Crippen LogP contribution in [0.15, 0.2) is 0 Å². The van der Waals surface area contributed by atoms with Crippen LogP contribution in [0.5, 0.6) is 0 Å². The van der Waals surface area contributed by atoms with Crippen LogP contribution < -0.4 is 11.1 Å². The van der Waals surface area contributed by atoms with Crippen LogP contribution in [0.4, 0.5) is 0 Å². The molecule has 0 aliphatic rings. The Morgan fingerprint density at radius 2 is 2.12 bits per heavy atom. The molecule has 0 spiro atoms. The van der Waals surface area contributed by atoms with Gasteiger partial charge in [0.25, 0.3) is 0 Å². The first-order chi connectivity index (χ1) is 7.52. The number of esters is 1. The molecular formula is C10H20N2O4. The van der Waals surface area contributed by atoms with Crippen molar-refractivity contribution in [3.05, 3.63) is 0 Å². The van der Waals surface area contributed by atoms with E-state index in [0.717, 1.165) is 0 Å². The molecule has 16 heavy (non-hydrogen) atoms. The number of hydrogen-bond acceptors (Lipinski definition) is 5. The zero-order chi connectivity index (χ0) is 12.6. The predicted molar refractivity (Wildman–Crippen MR) is 58.5 cm³/mol. The van der Waals surface area contributed by atoms with Gasteiger partial charge < -0.3 is 20.9 Å². The number of aliphatic hydroxyl groups excluding tert-OH is 1. The first-order valence-electron chi connectivity index (χ1n) is 5.33. The third-order valence-corrected chi connectivity index (χ3v) is 2.07. The van der Waals surface area contributed by atoms with E-state index in [-0.39, 0.29) is 19.1 Å². The van der Waals surface area contributed by atoms with Crippen LogP contribution in [0.3, 0.4) is 0 Å². The molecule has 0 saturated carbocycles. The van der Waals surface area contributed by atoms with E-state index in [1.165, 1.54) is 0 Å². The summed E-state index contributed by atoms with van der Waals surface area (Å²) in [6.45, 7) is 4.17. The second-order valence-electron chi connectivity index (χ2n) is 3.59. The van der Waals surface area contributed by atoms with Crippen molar-refractivity contribution in [3.63, 3.8) is 0 Å². The first-order valence-corrected chi connectivity index (χ1v) is 5.33. The molecule has 0 aromatic heterocycles. The molecule has 94 valence electrons. The monoisotopic (exact) mass is 232 g/mol. The van der Waals surface area contributed by atoms with Gasteiger partial charge in [0.05, 0.1) is 6.61 Å². The molecule has 0 radical (unpaired) electrons. The maximum Gasteiger partial charge on any atom is 0.332 e. The van der Waals surface area contributed by atoms with Crippen molar-refractivity contribution in [1.29, 1.82) is 0 Å². The van der Waals surface area contributed by atoms with Crippen LogP contribution in [0.25, 0.3) is 0 Å². The van der Waals surface area contributed by atoms with Crippen molar-refractivity contribution in [3.8, 4) is 0 Å². The van der Waals surface area contributed by atoms with E-state index >= 15 is 0 Å². The van der Waals surface area contributed by atoms with Gasteiger partial charge >= 0.3 is 5.97 Å². The van der Waals surface area contributed by atoms with Crippen molar-refractivity contribution in [2.75, 3.05) is 19.8 Å². The Labute approximate surface area is 95.1 Å². The minimum atomic E-state index is -1.28. The van der Waals surface area contributed by atoms with Gasteiger partial charge in [-0.2, -0.15) is 0 Å². The van der Waals surface area contributed by atoms with Crippen molar-refractivity contribution in [2.24, 2.45) is 11.7 Å². The summed E-state index contributed by atoms with van der Waals surface area (Å²) in [4.78, 5) is 22.5.